The highest BCUT2D eigenvalue weighted by Crippen LogP contribution is 2.16. The number of benzene rings is 1. The van der Waals surface area contributed by atoms with Gasteiger partial charge in [-0.1, -0.05) is 6.07 Å². The number of aldehydes is 1. The van der Waals surface area contributed by atoms with E-state index in [9.17, 15) is 14.0 Å². The van der Waals surface area contributed by atoms with Crippen molar-refractivity contribution in [3.05, 3.63) is 34.6 Å². The van der Waals surface area contributed by atoms with Crippen molar-refractivity contribution >= 4 is 12.3 Å². The molecule has 1 aromatic rings. The van der Waals surface area contributed by atoms with Crippen LogP contribution in [0.3, 0.4) is 0 Å². The lowest BCUT2D eigenvalue weighted by molar-refractivity contribution is -0.142. The van der Waals surface area contributed by atoms with Gasteiger partial charge < -0.3 is 4.74 Å². The second-order valence-electron chi connectivity index (χ2n) is 3.21. The molecule has 0 bridgehead atoms. The van der Waals surface area contributed by atoms with Crippen LogP contribution >= 0.6 is 0 Å². The number of ether oxygens (including phenoxy) is 1. The Balaban J connectivity index is 3.10. The van der Waals surface area contributed by atoms with Gasteiger partial charge >= 0.3 is 5.97 Å². The third-order valence-electron chi connectivity index (χ3n) is 2.15. The molecule has 17 heavy (non-hydrogen) atoms. The molecule has 0 spiro atoms. The normalized spacial score (nSPS) is 9.47. The number of rotatable bonds is 4. The number of carbonyl (C=O) groups is 2. The van der Waals surface area contributed by atoms with Gasteiger partial charge in [0, 0.05) is 0 Å². The van der Waals surface area contributed by atoms with Gasteiger partial charge in [0.25, 0.3) is 0 Å². The Hall–Kier alpha value is -2.22. The van der Waals surface area contributed by atoms with Gasteiger partial charge in [-0.2, -0.15) is 5.26 Å². The Morgan fingerprint density at radius 1 is 1.59 bits per heavy atom. The van der Waals surface area contributed by atoms with Crippen LogP contribution in [-0.4, -0.2) is 18.9 Å². The third kappa shape index (κ3) is 2.88. The zero-order valence-corrected chi connectivity index (χ0v) is 9.20. The first kappa shape index (κ1) is 12.8. The molecule has 0 amide bonds. The second kappa shape index (κ2) is 5.75. The first-order valence-electron chi connectivity index (χ1n) is 4.96. The molecule has 0 heterocycles. The molecule has 0 aromatic heterocycles. The summed E-state index contributed by atoms with van der Waals surface area (Å²) >= 11 is 0. The molecule has 0 N–H and O–H groups in total. The number of hydrogen-bond acceptors (Lipinski definition) is 4. The van der Waals surface area contributed by atoms with Crippen LogP contribution in [0.15, 0.2) is 12.1 Å². The van der Waals surface area contributed by atoms with Crippen molar-refractivity contribution in [2.24, 2.45) is 0 Å². The number of nitrogens with zero attached hydrogens (tertiary/aromatic N) is 1. The summed E-state index contributed by atoms with van der Waals surface area (Å²) in [4.78, 5) is 22.0. The van der Waals surface area contributed by atoms with Crippen LogP contribution in [-0.2, 0) is 16.0 Å². The summed E-state index contributed by atoms with van der Waals surface area (Å²) in [6, 6.07) is 4.24. The quantitative estimate of drug-likeness (QED) is 0.587. The Morgan fingerprint density at radius 3 is 2.82 bits per heavy atom. The van der Waals surface area contributed by atoms with E-state index >= 15 is 0 Å². The van der Waals surface area contributed by atoms with E-state index in [2.05, 4.69) is 0 Å². The van der Waals surface area contributed by atoms with Crippen molar-refractivity contribution in [2.75, 3.05) is 6.61 Å². The largest absolute Gasteiger partial charge is 0.466 e. The van der Waals surface area contributed by atoms with Crippen molar-refractivity contribution in [1.29, 1.82) is 5.26 Å². The summed E-state index contributed by atoms with van der Waals surface area (Å²) in [5, 5.41) is 8.60. The number of esters is 1. The maximum atomic E-state index is 13.6. The highest BCUT2D eigenvalue weighted by molar-refractivity contribution is 5.82. The van der Waals surface area contributed by atoms with E-state index in [1.165, 1.54) is 12.1 Å². The first-order valence-corrected chi connectivity index (χ1v) is 4.96. The second-order valence-corrected chi connectivity index (χ2v) is 3.21. The monoisotopic (exact) mass is 235 g/mol. The van der Waals surface area contributed by atoms with E-state index < -0.39 is 11.8 Å². The topological polar surface area (TPSA) is 67.2 Å². The summed E-state index contributed by atoms with van der Waals surface area (Å²) in [7, 11) is 0. The van der Waals surface area contributed by atoms with Gasteiger partial charge in [-0.3, -0.25) is 9.59 Å². The van der Waals surface area contributed by atoms with Gasteiger partial charge in [0.15, 0.2) is 12.1 Å². The molecule has 0 aliphatic heterocycles. The maximum absolute atomic E-state index is 13.6. The summed E-state index contributed by atoms with van der Waals surface area (Å²) < 4.78 is 18.3. The zero-order chi connectivity index (χ0) is 12.8. The van der Waals surface area contributed by atoms with Crippen LogP contribution < -0.4 is 0 Å². The van der Waals surface area contributed by atoms with E-state index in [0.717, 1.165) is 0 Å². The summed E-state index contributed by atoms with van der Waals surface area (Å²) in [6.07, 6.45) is 0.106. The van der Waals surface area contributed by atoms with E-state index in [0.29, 0.717) is 6.29 Å². The number of hydrogen-bond donors (Lipinski definition) is 0. The molecule has 0 saturated carbocycles. The first-order chi connectivity index (χ1) is 8.13. The summed E-state index contributed by atoms with van der Waals surface area (Å²) in [5.74, 6) is -1.44. The molecule has 0 unspecified atom stereocenters. The summed E-state index contributed by atoms with van der Waals surface area (Å²) in [6.45, 7) is 1.87. The average molecular weight is 235 g/mol. The highest BCUT2D eigenvalue weighted by atomic mass is 19.1. The van der Waals surface area contributed by atoms with Gasteiger partial charge in [0.1, 0.15) is 6.07 Å². The molecule has 1 aromatic carbocycles. The molecule has 1 rings (SSSR count). The Kier molecular flexibility index (Phi) is 4.35. The smallest absolute Gasteiger partial charge is 0.310 e. The lowest BCUT2D eigenvalue weighted by Crippen LogP contribution is -2.10. The Labute approximate surface area is 97.6 Å². The van der Waals surface area contributed by atoms with Crippen LogP contribution in [0.1, 0.15) is 28.4 Å². The fourth-order valence-corrected chi connectivity index (χ4v) is 1.37. The van der Waals surface area contributed by atoms with Gasteiger partial charge in [-0.25, -0.2) is 4.39 Å². The lowest BCUT2D eigenvalue weighted by Gasteiger charge is -2.06. The molecule has 4 nitrogen and oxygen atoms in total. The van der Waals surface area contributed by atoms with Gasteiger partial charge in [0.2, 0.25) is 0 Å². The van der Waals surface area contributed by atoms with Crippen molar-refractivity contribution in [1.82, 2.24) is 0 Å². The average Bonchev–Trinajstić information content (AvgIpc) is 2.30. The molecule has 0 atom stereocenters. The highest BCUT2D eigenvalue weighted by Gasteiger charge is 2.15. The fraction of sp³-hybridized carbons (Fsp3) is 0.250. The van der Waals surface area contributed by atoms with Crippen LogP contribution in [0, 0.1) is 17.1 Å². The van der Waals surface area contributed by atoms with E-state index in [-0.39, 0.29) is 29.7 Å². The SMILES string of the molecule is CCOC(=O)Cc1ccc(C#N)c(F)c1C=O. The van der Waals surface area contributed by atoms with Gasteiger partial charge in [-0.15, -0.1) is 0 Å². The van der Waals surface area contributed by atoms with E-state index in [1.54, 1.807) is 13.0 Å². The lowest BCUT2D eigenvalue weighted by atomic mass is 10.0. The van der Waals surface area contributed by atoms with Gasteiger partial charge in [-0.05, 0) is 18.6 Å². The summed E-state index contributed by atoms with van der Waals surface area (Å²) in [5.41, 5.74) is -0.272. The minimum Gasteiger partial charge on any atom is -0.466 e. The van der Waals surface area contributed by atoms with E-state index in [4.69, 9.17) is 10.00 Å². The Morgan fingerprint density at radius 2 is 2.29 bits per heavy atom. The molecular formula is C12H10FNO3. The van der Waals surface area contributed by atoms with Gasteiger partial charge in [0.05, 0.1) is 24.2 Å². The van der Waals surface area contributed by atoms with Crippen LogP contribution in [0.2, 0.25) is 0 Å². The number of halogens is 1. The molecule has 5 heteroatoms. The minimum absolute atomic E-state index is 0.190. The Bertz CT molecular complexity index is 491. The molecule has 0 aliphatic carbocycles. The van der Waals surface area contributed by atoms with Crippen LogP contribution in [0.4, 0.5) is 4.39 Å². The van der Waals surface area contributed by atoms with Crippen LogP contribution in [0.5, 0.6) is 0 Å². The van der Waals surface area contributed by atoms with E-state index in [1.807, 2.05) is 0 Å². The number of carbonyl (C=O) groups excluding carboxylic acids is 2. The molecule has 0 saturated heterocycles. The molecule has 0 fully saturated rings. The molecular weight excluding hydrogens is 225 g/mol. The zero-order valence-electron chi connectivity index (χ0n) is 9.20. The molecule has 0 radical (unpaired) electrons. The minimum atomic E-state index is -0.899. The van der Waals surface area contributed by atoms with Crippen LogP contribution in [0.25, 0.3) is 0 Å². The van der Waals surface area contributed by atoms with Crippen molar-refractivity contribution < 1.29 is 18.7 Å². The molecule has 88 valence electrons. The van der Waals surface area contributed by atoms with Crippen molar-refractivity contribution in [2.45, 2.75) is 13.3 Å². The van der Waals surface area contributed by atoms with Crippen molar-refractivity contribution in [3.8, 4) is 6.07 Å². The maximum Gasteiger partial charge on any atom is 0.310 e. The standard InChI is InChI=1S/C12H10FNO3/c1-2-17-11(16)5-8-3-4-9(6-14)12(13)10(8)7-15/h3-4,7H,2,5H2,1H3. The number of nitriles is 1. The predicted octanol–water partition coefficient (Wildman–Crippen LogP) is 1.62. The fourth-order valence-electron chi connectivity index (χ4n) is 1.37. The molecule has 0 aliphatic rings. The van der Waals surface area contributed by atoms with Crippen molar-refractivity contribution in [3.63, 3.8) is 0 Å². The predicted molar refractivity (Wildman–Crippen MR) is 56.8 cm³/mol. The third-order valence-corrected chi connectivity index (χ3v) is 2.15.